The SMILES string of the molecule is CCOC(=O)C[C@@H](C)c1ccc(C=O)cc1. The third-order valence-electron chi connectivity index (χ3n) is 2.42. The van der Waals surface area contributed by atoms with Crippen molar-refractivity contribution in [2.45, 2.75) is 26.2 Å². The molecule has 16 heavy (non-hydrogen) atoms. The van der Waals surface area contributed by atoms with Crippen LogP contribution >= 0.6 is 0 Å². The van der Waals surface area contributed by atoms with Crippen LogP contribution in [-0.4, -0.2) is 18.9 Å². The van der Waals surface area contributed by atoms with Gasteiger partial charge in [0.1, 0.15) is 6.29 Å². The highest BCUT2D eigenvalue weighted by Gasteiger charge is 2.11. The van der Waals surface area contributed by atoms with Gasteiger partial charge in [-0.1, -0.05) is 31.2 Å². The zero-order valence-corrected chi connectivity index (χ0v) is 9.60. The van der Waals surface area contributed by atoms with E-state index in [0.29, 0.717) is 18.6 Å². The van der Waals surface area contributed by atoms with Gasteiger partial charge < -0.3 is 4.74 Å². The number of hydrogen-bond donors (Lipinski definition) is 0. The number of carbonyl (C=O) groups excluding carboxylic acids is 2. The van der Waals surface area contributed by atoms with E-state index in [9.17, 15) is 9.59 Å². The molecule has 0 radical (unpaired) electrons. The molecule has 0 saturated heterocycles. The van der Waals surface area contributed by atoms with E-state index in [2.05, 4.69) is 0 Å². The molecule has 3 heteroatoms. The van der Waals surface area contributed by atoms with Crippen LogP contribution in [0.15, 0.2) is 24.3 Å². The Labute approximate surface area is 95.4 Å². The van der Waals surface area contributed by atoms with Crippen LogP contribution in [0.25, 0.3) is 0 Å². The Kier molecular flexibility index (Phi) is 4.70. The second-order valence-electron chi connectivity index (χ2n) is 3.69. The Morgan fingerprint density at radius 3 is 2.50 bits per heavy atom. The fraction of sp³-hybridized carbons (Fsp3) is 0.385. The van der Waals surface area contributed by atoms with E-state index in [4.69, 9.17) is 4.74 Å². The van der Waals surface area contributed by atoms with Crippen molar-refractivity contribution in [2.24, 2.45) is 0 Å². The van der Waals surface area contributed by atoms with Crippen LogP contribution in [0.2, 0.25) is 0 Å². The third-order valence-corrected chi connectivity index (χ3v) is 2.42. The van der Waals surface area contributed by atoms with Gasteiger partial charge in [0.2, 0.25) is 0 Å². The van der Waals surface area contributed by atoms with Gasteiger partial charge >= 0.3 is 5.97 Å². The number of hydrogen-bond acceptors (Lipinski definition) is 3. The van der Waals surface area contributed by atoms with E-state index in [0.717, 1.165) is 11.8 Å². The first-order valence-electron chi connectivity index (χ1n) is 5.38. The highest BCUT2D eigenvalue weighted by Crippen LogP contribution is 2.19. The van der Waals surface area contributed by atoms with Crippen LogP contribution in [0.5, 0.6) is 0 Å². The summed E-state index contributed by atoms with van der Waals surface area (Å²) in [5.74, 6) is -0.0748. The number of benzene rings is 1. The minimum atomic E-state index is -0.186. The minimum absolute atomic E-state index is 0.111. The fourth-order valence-electron chi connectivity index (χ4n) is 1.49. The van der Waals surface area contributed by atoms with Crippen LogP contribution < -0.4 is 0 Å². The summed E-state index contributed by atoms with van der Waals surface area (Å²) in [5.41, 5.74) is 1.69. The van der Waals surface area contributed by atoms with Crippen molar-refractivity contribution >= 4 is 12.3 Å². The summed E-state index contributed by atoms with van der Waals surface area (Å²) in [7, 11) is 0. The molecule has 0 spiro atoms. The molecule has 0 aromatic heterocycles. The summed E-state index contributed by atoms with van der Waals surface area (Å²) < 4.78 is 4.88. The Bertz CT molecular complexity index is 354. The molecule has 0 amide bonds. The van der Waals surface area contributed by atoms with Gasteiger partial charge in [-0.05, 0) is 18.4 Å². The highest BCUT2D eigenvalue weighted by atomic mass is 16.5. The predicted octanol–water partition coefficient (Wildman–Crippen LogP) is 2.56. The zero-order valence-electron chi connectivity index (χ0n) is 9.60. The molecule has 1 rings (SSSR count). The molecule has 0 N–H and O–H groups in total. The van der Waals surface area contributed by atoms with Crippen molar-refractivity contribution in [3.05, 3.63) is 35.4 Å². The summed E-state index contributed by atoms with van der Waals surface area (Å²) in [6, 6.07) is 7.25. The number of ether oxygens (including phenoxy) is 1. The Hall–Kier alpha value is -1.64. The van der Waals surface area contributed by atoms with E-state index in [1.807, 2.05) is 19.1 Å². The van der Waals surface area contributed by atoms with E-state index in [-0.39, 0.29) is 11.9 Å². The van der Waals surface area contributed by atoms with Crippen molar-refractivity contribution in [2.75, 3.05) is 6.61 Å². The van der Waals surface area contributed by atoms with Crippen molar-refractivity contribution in [1.82, 2.24) is 0 Å². The zero-order chi connectivity index (χ0) is 12.0. The number of carbonyl (C=O) groups is 2. The molecule has 0 saturated carbocycles. The minimum Gasteiger partial charge on any atom is -0.466 e. The third kappa shape index (κ3) is 3.50. The van der Waals surface area contributed by atoms with Crippen molar-refractivity contribution in [3.8, 4) is 0 Å². The van der Waals surface area contributed by atoms with E-state index < -0.39 is 0 Å². The number of esters is 1. The Balaban J connectivity index is 2.61. The summed E-state index contributed by atoms with van der Waals surface area (Å²) >= 11 is 0. The highest BCUT2D eigenvalue weighted by molar-refractivity contribution is 5.75. The van der Waals surface area contributed by atoms with Crippen LogP contribution in [0.3, 0.4) is 0 Å². The molecule has 1 aromatic rings. The normalized spacial score (nSPS) is 11.9. The summed E-state index contributed by atoms with van der Waals surface area (Å²) in [5, 5.41) is 0. The van der Waals surface area contributed by atoms with E-state index in [1.165, 1.54) is 0 Å². The van der Waals surface area contributed by atoms with Crippen LogP contribution in [0.4, 0.5) is 0 Å². The molecular weight excluding hydrogens is 204 g/mol. The van der Waals surface area contributed by atoms with E-state index in [1.54, 1.807) is 19.1 Å². The molecule has 0 heterocycles. The summed E-state index contributed by atoms with van der Waals surface area (Å²) in [6.45, 7) is 4.17. The lowest BCUT2D eigenvalue weighted by atomic mass is 9.97. The Morgan fingerprint density at radius 2 is 2.00 bits per heavy atom. The molecular formula is C13H16O3. The smallest absolute Gasteiger partial charge is 0.306 e. The second kappa shape index (κ2) is 6.05. The van der Waals surface area contributed by atoms with Gasteiger partial charge in [0, 0.05) is 5.56 Å². The molecule has 0 aliphatic heterocycles. The van der Waals surface area contributed by atoms with Gasteiger partial charge in [0.25, 0.3) is 0 Å². The van der Waals surface area contributed by atoms with Crippen molar-refractivity contribution in [3.63, 3.8) is 0 Å². The van der Waals surface area contributed by atoms with Gasteiger partial charge in [-0.25, -0.2) is 0 Å². The van der Waals surface area contributed by atoms with Gasteiger partial charge in [0.15, 0.2) is 0 Å². The van der Waals surface area contributed by atoms with Gasteiger partial charge in [-0.2, -0.15) is 0 Å². The fourth-order valence-corrected chi connectivity index (χ4v) is 1.49. The first-order chi connectivity index (χ1) is 7.67. The molecule has 0 unspecified atom stereocenters. The topological polar surface area (TPSA) is 43.4 Å². The lowest BCUT2D eigenvalue weighted by Crippen LogP contribution is -2.08. The Morgan fingerprint density at radius 1 is 1.38 bits per heavy atom. The van der Waals surface area contributed by atoms with Crippen molar-refractivity contribution < 1.29 is 14.3 Å². The molecule has 0 bridgehead atoms. The predicted molar refractivity (Wildman–Crippen MR) is 61.5 cm³/mol. The summed E-state index contributed by atoms with van der Waals surface area (Å²) in [4.78, 5) is 21.7. The maximum Gasteiger partial charge on any atom is 0.306 e. The summed E-state index contributed by atoms with van der Waals surface area (Å²) in [6.07, 6.45) is 1.17. The molecule has 0 aliphatic carbocycles. The number of aldehydes is 1. The van der Waals surface area contributed by atoms with Gasteiger partial charge in [0.05, 0.1) is 13.0 Å². The maximum absolute atomic E-state index is 11.3. The first kappa shape index (κ1) is 12.4. The lowest BCUT2D eigenvalue weighted by molar-refractivity contribution is -0.143. The molecule has 0 fully saturated rings. The van der Waals surface area contributed by atoms with Crippen LogP contribution in [-0.2, 0) is 9.53 Å². The standard InChI is InChI=1S/C13H16O3/c1-3-16-13(15)8-10(2)12-6-4-11(9-14)5-7-12/h4-7,9-10H,3,8H2,1-2H3/t10-/m1/s1. The van der Waals surface area contributed by atoms with Crippen molar-refractivity contribution in [1.29, 1.82) is 0 Å². The maximum atomic E-state index is 11.3. The largest absolute Gasteiger partial charge is 0.466 e. The van der Waals surface area contributed by atoms with Gasteiger partial charge in [-0.3, -0.25) is 9.59 Å². The van der Waals surface area contributed by atoms with Gasteiger partial charge in [-0.15, -0.1) is 0 Å². The lowest BCUT2D eigenvalue weighted by Gasteiger charge is -2.10. The first-order valence-corrected chi connectivity index (χ1v) is 5.38. The average Bonchev–Trinajstić information content (AvgIpc) is 2.29. The van der Waals surface area contributed by atoms with E-state index >= 15 is 0 Å². The molecule has 3 nitrogen and oxygen atoms in total. The van der Waals surface area contributed by atoms with Crippen LogP contribution in [0.1, 0.15) is 42.1 Å². The molecule has 1 aromatic carbocycles. The quantitative estimate of drug-likeness (QED) is 0.565. The molecule has 86 valence electrons. The molecule has 1 atom stereocenters. The monoisotopic (exact) mass is 220 g/mol. The second-order valence-corrected chi connectivity index (χ2v) is 3.69. The number of rotatable bonds is 5. The average molecular weight is 220 g/mol. The molecule has 0 aliphatic rings. The van der Waals surface area contributed by atoms with Crippen LogP contribution in [0, 0.1) is 0 Å².